The van der Waals surface area contributed by atoms with Crippen LogP contribution in [0.2, 0.25) is 0 Å². The first-order valence-electron chi connectivity index (χ1n) is 6.00. The van der Waals surface area contributed by atoms with Crippen molar-refractivity contribution in [3.8, 4) is 5.75 Å². The van der Waals surface area contributed by atoms with Crippen molar-refractivity contribution < 1.29 is 9.13 Å². The Morgan fingerprint density at radius 1 is 1.32 bits per heavy atom. The molecule has 0 spiro atoms. The van der Waals surface area contributed by atoms with Gasteiger partial charge in [0.05, 0.1) is 7.11 Å². The van der Waals surface area contributed by atoms with Crippen LogP contribution >= 0.6 is 0 Å². The van der Waals surface area contributed by atoms with E-state index in [0.29, 0.717) is 12.1 Å². The van der Waals surface area contributed by atoms with Crippen LogP contribution in [0.25, 0.3) is 0 Å². The Morgan fingerprint density at radius 3 is 2.89 bits per heavy atom. The summed E-state index contributed by atoms with van der Waals surface area (Å²) in [4.78, 5) is 0. The average Bonchev–Trinajstić information content (AvgIpc) is 2.46. The van der Waals surface area contributed by atoms with Crippen LogP contribution in [0.1, 0.15) is 11.1 Å². The number of halogens is 1. The van der Waals surface area contributed by atoms with Crippen LogP contribution in [-0.4, -0.2) is 7.11 Å². The Balaban J connectivity index is 2.09. The van der Waals surface area contributed by atoms with Crippen molar-refractivity contribution in [2.24, 2.45) is 5.73 Å². The lowest BCUT2D eigenvalue weighted by molar-refractivity contribution is 0.415. The van der Waals surface area contributed by atoms with E-state index >= 15 is 0 Å². The first-order valence-corrected chi connectivity index (χ1v) is 6.00. The molecular weight excluding hydrogens is 243 g/mol. The molecule has 0 aliphatic carbocycles. The minimum Gasteiger partial charge on any atom is -0.497 e. The molecule has 2 aromatic rings. The number of hydrogen-bond acceptors (Lipinski definition) is 3. The van der Waals surface area contributed by atoms with E-state index in [1.165, 1.54) is 6.07 Å². The Labute approximate surface area is 112 Å². The lowest BCUT2D eigenvalue weighted by Gasteiger charge is -2.11. The Bertz CT molecular complexity index is 558. The summed E-state index contributed by atoms with van der Waals surface area (Å²) in [7, 11) is 1.63. The summed E-state index contributed by atoms with van der Waals surface area (Å²) in [6.07, 6.45) is 0. The zero-order chi connectivity index (χ0) is 13.7. The number of nitrogens with two attached hydrogens (primary N) is 1. The zero-order valence-corrected chi connectivity index (χ0v) is 10.7. The van der Waals surface area contributed by atoms with Crippen molar-refractivity contribution in [1.29, 1.82) is 0 Å². The Kier molecular flexibility index (Phi) is 4.36. The standard InChI is InChI=1S/C15H16FN2O/c1-19-15-4-2-3-14(8-15)18-10-11-5-6-13(16)7-12(11)9-17/h2-6,8,18H,9-10,17H2,1H3. The van der Waals surface area contributed by atoms with Gasteiger partial charge in [0.1, 0.15) is 11.6 Å². The van der Waals surface area contributed by atoms with E-state index in [1.807, 2.05) is 24.3 Å². The maximum absolute atomic E-state index is 13.0. The van der Waals surface area contributed by atoms with Crippen molar-refractivity contribution >= 4 is 5.69 Å². The molecule has 0 saturated carbocycles. The van der Waals surface area contributed by atoms with Crippen molar-refractivity contribution in [2.75, 3.05) is 12.4 Å². The quantitative estimate of drug-likeness (QED) is 0.868. The third-order valence-corrected chi connectivity index (χ3v) is 2.85. The maximum Gasteiger partial charge on any atom is 0.131 e. The maximum atomic E-state index is 13.0. The predicted octanol–water partition coefficient (Wildman–Crippen LogP) is 2.71. The zero-order valence-electron chi connectivity index (χ0n) is 10.7. The molecule has 99 valence electrons. The smallest absolute Gasteiger partial charge is 0.131 e. The minimum absolute atomic E-state index is 0.271. The van der Waals surface area contributed by atoms with Crippen LogP contribution < -0.4 is 15.8 Å². The molecule has 2 rings (SSSR count). The second-order valence-corrected chi connectivity index (χ2v) is 4.10. The van der Waals surface area contributed by atoms with Gasteiger partial charge in [0, 0.05) is 30.9 Å². The predicted molar refractivity (Wildman–Crippen MR) is 73.4 cm³/mol. The molecule has 4 heteroatoms. The summed E-state index contributed by atoms with van der Waals surface area (Å²) < 4.78 is 18.2. The van der Waals surface area contributed by atoms with E-state index in [4.69, 9.17) is 10.5 Å². The number of rotatable bonds is 5. The van der Waals surface area contributed by atoms with Crippen LogP contribution in [0.15, 0.2) is 36.4 Å². The fourth-order valence-electron chi connectivity index (χ4n) is 1.82. The van der Waals surface area contributed by atoms with Gasteiger partial charge in [0.15, 0.2) is 0 Å². The molecule has 2 aromatic carbocycles. The first-order chi connectivity index (χ1) is 9.22. The van der Waals surface area contributed by atoms with Gasteiger partial charge < -0.3 is 15.8 Å². The molecule has 0 aliphatic rings. The van der Waals surface area contributed by atoms with Crippen LogP contribution in [0, 0.1) is 11.9 Å². The van der Waals surface area contributed by atoms with E-state index in [0.717, 1.165) is 17.0 Å². The molecule has 0 bridgehead atoms. The molecule has 3 nitrogen and oxygen atoms in total. The molecular formula is C15H16FN2O. The first kappa shape index (κ1) is 13.4. The molecule has 1 radical (unpaired) electrons. The van der Waals surface area contributed by atoms with Gasteiger partial charge in [-0.3, -0.25) is 0 Å². The van der Waals surface area contributed by atoms with Crippen molar-refractivity contribution in [3.63, 3.8) is 0 Å². The van der Waals surface area contributed by atoms with E-state index in [-0.39, 0.29) is 12.4 Å². The lowest BCUT2D eigenvalue weighted by Crippen LogP contribution is -2.07. The SMILES string of the molecule is COc1cccc(NCc2ccc(F)[c]c2CN)c1. The molecule has 3 N–H and O–H groups in total. The van der Waals surface area contributed by atoms with E-state index in [9.17, 15) is 4.39 Å². The summed E-state index contributed by atoms with van der Waals surface area (Å²) >= 11 is 0. The van der Waals surface area contributed by atoms with Gasteiger partial charge in [0.2, 0.25) is 0 Å². The minimum atomic E-state index is -0.384. The average molecular weight is 259 g/mol. The second kappa shape index (κ2) is 6.20. The Morgan fingerprint density at radius 2 is 2.16 bits per heavy atom. The number of anilines is 1. The van der Waals surface area contributed by atoms with Gasteiger partial charge in [0.25, 0.3) is 0 Å². The molecule has 0 amide bonds. The third-order valence-electron chi connectivity index (χ3n) is 2.85. The monoisotopic (exact) mass is 259 g/mol. The van der Waals surface area contributed by atoms with E-state index < -0.39 is 0 Å². The largest absolute Gasteiger partial charge is 0.497 e. The van der Waals surface area contributed by atoms with Crippen molar-refractivity contribution in [3.05, 3.63) is 59.4 Å². The fraction of sp³-hybridized carbons (Fsp3) is 0.200. The number of nitrogens with one attached hydrogen (secondary N) is 1. The summed E-state index contributed by atoms with van der Waals surface area (Å²) in [6, 6.07) is 13.4. The van der Waals surface area contributed by atoms with Gasteiger partial charge in [-0.2, -0.15) is 0 Å². The van der Waals surface area contributed by atoms with Crippen LogP contribution in [0.3, 0.4) is 0 Å². The number of benzene rings is 2. The number of hydrogen-bond donors (Lipinski definition) is 2. The van der Waals surface area contributed by atoms with Crippen LogP contribution in [0.4, 0.5) is 10.1 Å². The van der Waals surface area contributed by atoms with Gasteiger partial charge in [-0.05, 0) is 29.3 Å². The lowest BCUT2D eigenvalue weighted by atomic mass is 10.1. The fourth-order valence-corrected chi connectivity index (χ4v) is 1.82. The summed E-state index contributed by atoms with van der Waals surface area (Å²) in [5.74, 6) is 0.403. The van der Waals surface area contributed by atoms with E-state index in [2.05, 4.69) is 11.4 Å². The Hall–Kier alpha value is -2.07. The highest BCUT2D eigenvalue weighted by Crippen LogP contribution is 2.18. The molecule has 0 aliphatic heterocycles. The van der Waals surface area contributed by atoms with E-state index in [1.54, 1.807) is 13.2 Å². The molecule has 0 aromatic heterocycles. The second-order valence-electron chi connectivity index (χ2n) is 4.10. The van der Waals surface area contributed by atoms with Crippen LogP contribution in [-0.2, 0) is 13.1 Å². The molecule has 19 heavy (non-hydrogen) atoms. The summed E-state index contributed by atoms with van der Waals surface area (Å²) in [5, 5.41) is 3.25. The summed E-state index contributed by atoms with van der Waals surface area (Å²) in [5.41, 5.74) is 8.15. The van der Waals surface area contributed by atoms with Crippen LogP contribution in [0.5, 0.6) is 5.75 Å². The normalized spacial score (nSPS) is 10.3. The molecule has 0 fully saturated rings. The highest BCUT2D eigenvalue weighted by Gasteiger charge is 2.03. The number of methoxy groups -OCH3 is 1. The molecule has 0 saturated heterocycles. The van der Waals surface area contributed by atoms with Gasteiger partial charge in [-0.1, -0.05) is 12.1 Å². The van der Waals surface area contributed by atoms with Crippen molar-refractivity contribution in [2.45, 2.75) is 13.1 Å². The highest BCUT2D eigenvalue weighted by atomic mass is 19.1. The molecule has 0 heterocycles. The molecule has 0 unspecified atom stereocenters. The number of ether oxygens (including phenoxy) is 1. The van der Waals surface area contributed by atoms with Gasteiger partial charge in [-0.15, -0.1) is 0 Å². The molecule has 0 atom stereocenters. The van der Waals surface area contributed by atoms with Gasteiger partial charge >= 0.3 is 0 Å². The summed E-state index contributed by atoms with van der Waals surface area (Å²) in [6.45, 7) is 0.837. The van der Waals surface area contributed by atoms with Crippen molar-refractivity contribution in [1.82, 2.24) is 0 Å². The highest BCUT2D eigenvalue weighted by molar-refractivity contribution is 5.48. The third kappa shape index (κ3) is 3.45. The van der Waals surface area contributed by atoms with Gasteiger partial charge in [-0.25, -0.2) is 4.39 Å². The topological polar surface area (TPSA) is 47.3 Å².